The van der Waals surface area contributed by atoms with E-state index in [1.165, 1.54) is 11.1 Å². The van der Waals surface area contributed by atoms with Gasteiger partial charge in [-0.2, -0.15) is 0 Å². The number of hydrogen-bond acceptors (Lipinski definition) is 4. The number of aliphatic carboxylic acids is 1. The molecule has 0 amide bonds. The van der Waals surface area contributed by atoms with Gasteiger partial charge in [-0.25, -0.2) is 9.59 Å². The van der Waals surface area contributed by atoms with Crippen molar-refractivity contribution in [2.24, 2.45) is 0 Å². The summed E-state index contributed by atoms with van der Waals surface area (Å²) in [6.45, 7) is 5.97. The predicted molar refractivity (Wildman–Crippen MR) is 122 cm³/mol. The molecule has 1 heterocycles. The lowest BCUT2D eigenvalue weighted by Gasteiger charge is -2.47. The second-order valence-corrected chi connectivity index (χ2v) is 9.65. The smallest absolute Gasteiger partial charge is 0.390 e. The standard InChI is InChI=1S/C25H27ClN2O4/c1-25(2)16-28(13-12-27-25,32-24(31)11-10-23(29)30)22-15-20(17-6-4-3-5-7-17)19-9-8-18(26)14-21(19)22/h3-11,14,20,22,27H,12-13,15-16H2,1-2H3/p+1/b11-10-. The van der Waals surface area contributed by atoms with E-state index in [0.717, 1.165) is 24.1 Å². The Kier molecular flexibility index (Phi) is 6.12. The highest BCUT2D eigenvalue weighted by Crippen LogP contribution is 2.51. The summed E-state index contributed by atoms with van der Waals surface area (Å²) in [5, 5.41) is 13.1. The highest BCUT2D eigenvalue weighted by atomic mass is 35.5. The normalized spacial score (nSPS) is 26.6. The molecule has 168 valence electrons. The van der Waals surface area contributed by atoms with Gasteiger partial charge in [0.1, 0.15) is 13.1 Å². The number of hydrogen-bond donors (Lipinski definition) is 2. The molecule has 4 rings (SSSR count). The first-order valence-electron chi connectivity index (χ1n) is 10.8. The number of rotatable bonds is 5. The minimum absolute atomic E-state index is 0.0967. The van der Waals surface area contributed by atoms with Crippen molar-refractivity contribution in [1.82, 2.24) is 5.32 Å². The third kappa shape index (κ3) is 4.58. The number of nitrogens with one attached hydrogen (secondary N) is 1. The van der Waals surface area contributed by atoms with Crippen molar-refractivity contribution in [3.05, 3.63) is 82.4 Å². The van der Waals surface area contributed by atoms with Crippen molar-refractivity contribution < 1.29 is 24.2 Å². The van der Waals surface area contributed by atoms with Crippen LogP contribution < -0.4 is 5.32 Å². The SMILES string of the molecule is CC1(C)C[N+](OC(=O)/C=C\C(=O)O)(C2CC(c3ccccc3)c3ccc(Cl)cc32)CCN1. The molecule has 2 aromatic carbocycles. The van der Waals surface area contributed by atoms with Crippen LogP contribution in [0.5, 0.6) is 0 Å². The molecule has 6 nitrogen and oxygen atoms in total. The Bertz CT molecular complexity index is 1050. The molecule has 0 radical (unpaired) electrons. The zero-order chi connectivity index (χ0) is 22.9. The lowest BCUT2D eigenvalue weighted by Crippen LogP contribution is -2.67. The molecular formula is C25H28ClN2O4+. The molecule has 1 aliphatic carbocycles. The van der Waals surface area contributed by atoms with Gasteiger partial charge >= 0.3 is 11.9 Å². The molecule has 7 heteroatoms. The molecule has 0 aromatic heterocycles. The number of fused-ring (bicyclic) bond motifs is 1. The maximum atomic E-state index is 12.7. The third-order valence-corrected chi connectivity index (χ3v) is 6.64. The summed E-state index contributed by atoms with van der Waals surface area (Å²) in [6, 6.07) is 16.2. The van der Waals surface area contributed by atoms with Crippen LogP contribution in [0.1, 0.15) is 48.9 Å². The van der Waals surface area contributed by atoms with Crippen molar-refractivity contribution >= 4 is 23.5 Å². The van der Waals surface area contributed by atoms with Gasteiger partial charge in [-0.3, -0.25) is 4.84 Å². The van der Waals surface area contributed by atoms with Gasteiger partial charge in [0.25, 0.3) is 0 Å². The van der Waals surface area contributed by atoms with Gasteiger partial charge in [-0.05, 0) is 37.1 Å². The molecule has 3 atom stereocenters. The Morgan fingerprint density at radius 2 is 1.91 bits per heavy atom. The number of carboxylic acid groups (broad SMARTS) is 1. The van der Waals surface area contributed by atoms with Crippen LogP contribution in [0.25, 0.3) is 0 Å². The van der Waals surface area contributed by atoms with E-state index in [0.29, 0.717) is 24.7 Å². The lowest BCUT2D eigenvalue weighted by atomic mass is 9.93. The first-order valence-corrected chi connectivity index (χ1v) is 11.2. The van der Waals surface area contributed by atoms with E-state index in [4.69, 9.17) is 21.5 Å². The highest BCUT2D eigenvalue weighted by Gasteiger charge is 2.53. The zero-order valence-electron chi connectivity index (χ0n) is 18.3. The van der Waals surface area contributed by atoms with Gasteiger partial charge < -0.3 is 10.4 Å². The summed E-state index contributed by atoms with van der Waals surface area (Å²) in [6.07, 6.45) is 2.57. The van der Waals surface area contributed by atoms with Crippen LogP contribution in [0, 0.1) is 0 Å². The summed E-state index contributed by atoms with van der Waals surface area (Å²) < 4.78 is 0.0967. The van der Waals surface area contributed by atoms with Crippen LogP contribution in [-0.2, 0) is 14.4 Å². The minimum Gasteiger partial charge on any atom is -0.478 e. The second kappa shape index (κ2) is 8.70. The first kappa shape index (κ1) is 22.5. The van der Waals surface area contributed by atoms with E-state index in [-0.39, 0.29) is 22.1 Å². The molecule has 1 fully saturated rings. The van der Waals surface area contributed by atoms with Crippen LogP contribution in [-0.4, -0.2) is 46.9 Å². The van der Waals surface area contributed by atoms with Crippen LogP contribution in [0.15, 0.2) is 60.7 Å². The number of hydroxylamine groups is 3. The van der Waals surface area contributed by atoms with Gasteiger partial charge in [0.2, 0.25) is 0 Å². The Hall–Kier alpha value is -2.67. The topological polar surface area (TPSA) is 75.6 Å². The number of piperazine rings is 1. The van der Waals surface area contributed by atoms with Crippen molar-refractivity contribution in [1.29, 1.82) is 0 Å². The van der Waals surface area contributed by atoms with Gasteiger partial charge in [0.05, 0.1) is 5.54 Å². The first-order chi connectivity index (χ1) is 15.2. The monoisotopic (exact) mass is 455 g/mol. The van der Waals surface area contributed by atoms with E-state index in [1.54, 1.807) is 0 Å². The van der Waals surface area contributed by atoms with Crippen molar-refractivity contribution in [3.63, 3.8) is 0 Å². The fourth-order valence-corrected chi connectivity index (χ4v) is 5.40. The maximum Gasteiger partial charge on any atom is 0.390 e. The molecule has 0 bridgehead atoms. The summed E-state index contributed by atoms with van der Waals surface area (Å²) in [7, 11) is 0. The molecule has 32 heavy (non-hydrogen) atoms. The lowest BCUT2D eigenvalue weighted by molar-refractivity contribution is -1.12. The summed E-state index contributed by atoms with van der Waals surface area (Å²) in [5.74, 6) is -1.68. The highest BCUT2D eigenvalue weighted by molar-refractivity contribution is 6.30. The van der Waals surface area contributed by atoms with E-state index >= 15 is 0 Å². The molecule has 0 spiro atoms. The molecule has 2 aliphatic rings. The Morgan fingerprint density at radius 3 is 2.59 bits per heavy atom. The number of carbonyl (C=O) groups excluding carboxylic acids is 1. The van der Waals surface area contributed by atoms with E-state index in [1.807, 2.05) is 30.3 Å². The van der Waals surface area contributed by atoms with Crippen molar-refractivity contribution in [2.45, 2.75) is 37.8 Å². The molecule has 2 aromatic rings. The van der Waals surface area contributed by atoms with E-state index in [2.05, 4.69) is 37.4 Å². The van der Waals surface area contributed by atoms with Gasteiger partial charge in [0.15, 0.2) is 6.04 Å². The van der Waals surface area contributed by atoms with Gasteiger partial charge in [-0.15, -0.1) is 4.65 Å². The van der Waals surface area contributed by atoms with Crippen LogP contribution in [0.3, 0.4) is 0 Å². The maximum absolute atomic E-state index is 12.7. The number of carbonyl (C=O) groups is 2. The molecule has 1 aliphatic heterocycles. The fourth-order valence-electron chi connectivity index (χ4n) is 5.22. The van der Waals surface area contributed by atoms with E-state index in [9.17, 15) is 9.59 Å². The molecule has 1 saturated heterocycles. The van der Waals surface area contributed by atoms with Crippen LogP contribution in [0.4, 0.5) is 0 Å². The zero-order valence-corrected chi connectivity index (χ0v) is 19.0. The summed E-state index contributed by atoms with van der Waals surface area (Å²) in [4.78, 5) is 29.7. The molecule has 3 unspecified atom stereocenters. The Morgan fingerprint density at radius 1 is 1.16 bits per heavy atom. The summed E-state index contributed by atoms with van der Waals surface area (Å²) in [5.41, 5.74) is 3.22. The fraction of sp³-hybridized carbons (Fsp3) is 0.360. The number of benzene rings is 2. The Balaban J connectivity index is 1.78. The van der Waals surface area contributed by atoms with Crippen LogP contribution >= 0.6 is 11.6 Å². The average molecular weight is 456 g/mol. The third-order valence-electron chi connectivity index (χ3n) is 6.40. The van der Waals surface area contributed by atoms with Gasteiger partial charge in [-0.1, -0.05) is 48.0 Å². The largest absolute Gasteiger partial charge is 0.478 e. The number of halogens is 1. The predicted octanol–water partition coefficient (Wildman–Crippen LogP) is 4.21. The quantitative estimate of drug-likeness (QED) is 0.521. The molecular weight excluding hydrogens is 428 g/mol. The van der Waals surface area contributed by atoms with Crippen LogP contribution in [0.2, 0.25) is 5.02 Å². The molecule has 0 saturated carbocycles. The van der Waals surface area contributed by atoms with Gasteiger partial charge in [0, 0.05) is 41.6 Å². The Labute approximate surface area is 193 Å². The van der Waals surface area contributed by atoms with E-state index < -0.39 is 11.9 Å². The second-order valence-electron chi connectivity index (χ2n) is 9.21. The van der Waals surface area contributed by atoms with Crippen molar-refractivity contribution in [3.8, 4) is 0 Å². The number of quaternary nitrogens is 1. The van der Waals surface area contributed by atoms with Crippen molar-refractivity contribution in [2.75, 3.05) is 19.6 Å². The average Bonchev–Trinajstić information content (AvgIpc) is 3.11. The number of nitrogens with zero attached hydrogens (tertiary/aromatic N) is 1. The summed E-state index contributed by atoms with van der Waals surface area (Å²) >= 11 is 6.41. The molecule has 2 N–H and O–H groups in total. The number of carboxylic acids is 1. The minimum atomic E-state index is -1.18.